The van der Waals surface area contributed by atoms with Gasteiger partial charge in [-0.15, -0.1) is 0 Å². The van der Waals surface area contributed by atoms with Crippen LogP contribution >= 0.6 is 11.6 Å². The summed E-state index contributed by atoms with van der Waals surface area (Å²) in [6, 6.07) is 8.70. The van der Waals surface area contributed by atoms with Gasteiger partial charge in [-0.3, -0.25) is 4.72 Å². The van der Waals surface area contributed by atoms with Gasteiger partial charge in [-0.25, -0.2) is 17.8 Å². The second-order valence-electron chi connectivity index (χ2n) is 6.55. The zero-order chi connectivity index (χ0) is 19.2. The Morgan fingerprint density at radius 1 is 1.22 bits per heavy atom. The molecule has 1 aliphatic carbocycles. The fourth-order valence-corrected chi connectivity index (χ4v) is 4.25. The number of oxazole rings is 1. The molecule has 0 atom stereocenters. The highest BCUT2D eigenvalue weighted by Crippen LogP contribution is 2.40. The SMILES string of the molecule is Cc1ccc(-c2cnc(C3CC3)o2)cc1S(=O)(=O)Nc1ccc(F)c(Cl)c1. The van der Waals surface area contributed by atoms with E-state index in [0.29, 0.717) is 28.7 Å². The van der Waals surface area contributed by atoms with E-state index in [-0.39, 0.29) is 15.6 Å². The Kier molecular flexibility index (Phi) is 4.44. The number of aryl methyl sites for hydroxylation is 1. The summed E-state index contributed by atoms with van der Waals surface area (Å²) >= 11 is 5.73. The van der Waals surface area contributed by atoms with Crippen LogP contribution in [-0.4, -0.2) is 13.4 Å². The fourth-order valence-electron chi connectivity index (χ4n) is 2.75. The molecule has 0 radical (unpaired) electrons. The Morgan fingerprint density at radius 2 is 2.00 bits per heavy atom. The van der Waals surface area contributed by atoms with Crippen LogP contribution in [-0.2, 0) is 10.0 Å². The first kappa shape index (κ1) is 18.0. The largest absolute Gasteiger partial charge is 0.440 e. The van der Waals surface area contributed by atoms with Crippen molar-refractivity contribution in [1.82, 2.24) is 4.98 Å². The van der Waals surface area contributed by atoms with E-state index < -0.39 is 15.8 Å². The van der Waals surface area contributed by atoms with Gasteiger partial charge in [0.1, 0.15) is 5.82 Å². The smallest absolute Gasteiger partial charge is 0.262 e. The second-order valence-corrected chi connectivity index (χ2v) is 8.61. The Bertz CT molecular complexity index is 1120. The highest BCUT2D eigenvalue weighted by Gasteiger charge is 2.29. The first-order valence-corrected chi connectivity index (χ1v) is 10.2. The van der Waals surface area contributed by atoms with Crippen molar-refractivity contribution in [3.8, 4) is 11.3 Å². The summed E-state index contributed by atoms with van der Waals surface area (Å²) in [6.45, 7) is 1.70. The normalized spacial score (nSPS) is 14.3. The zero-order valence-electron chi connectivity index (χ0n) is 14.4. The molecule has 1 saturated carbocycles. The number of hydrogen-bond acceptors (Lipinski definition) is 4. The Balaban J connectivity index is 1.67. The number of sulfonamides is 1. The van der Waals surface area contributed by atoms with E-state index in [1.165, 1.54) is 12.1 Å². The summed E-state index contributed by atoms with van der Waals surface area (Å²) in [7, 11) is -3.89. The van der Waals surface area contributed by atoms with E-state index in [9.17, 15) is 12.8 Å². The molecule has 1 heterocycles. The number of nitrogens with one attached hydrogen (secondary N) is 1. The standard InChI is InChI=1S/C19H16ClFN2O3S/c1-11-2-3-13(17-10-22-19(26-17)12-4-5-12)8-18(11)27(24,25)23-14-6-7-16(21)15(20)9-14/h2-3,6-10,12,23H,4-5H2,1H3. The average molecular weight is 407 g/mol. The van der Waals surface area contributed by atoms with Gasteiger partial charge in [-0.2, -0.15) is 0 Å². The van der Waals surface area contributed by atoms with Gasteiger partial charge in [0.2, 0.25) is 0 Å². The maximum absolute atomic E-state index is 13.3. The molecule has 1 aliphatic rings. The number of rotatable bonds is 5. The van der Waals surface area contributed by atoms with Gasteiger partial charge in [0.05, 0.1) is 21.8 Å². The van der Waals surface area contributed by atoms with Crippen molar-refractivity contribution >= 4 is 27.3 Å². The second kappa shape index (κ2) is 6.65. The summed E-state index contributed by atoms with van der Waals surface area (Å²) < 4.78 is 47.2. The molecule has 4 rings (SSSR count). The van der Waals surface area contributed by atoms with Crippen molar-refractivity contribution in [1.29, 1.82) is 0 Å². The molecule has 1 N–H and O–H groups in total. The van der Waals surface area contributed by atoms with E-state index in [2.05, 4.69) is 9.71 Å². The predicted octanol–water partition coefficient (Wildman–Crippen LogP) is 5.12. The minimum absolute atomic E-state index is 0.102. The van der Waals surface area contributed by atoms with Crippen molar-refractivity contribution in [3.63, 3.8) is 0 Å². The van der Waals surface area contributed by atoms with Crippen molar-refractivity contribution in [2.45, 2.75) is 30.6 Å². The average Bonchev–Trinajstić information content (AvgIpc) is 3.35. The molecule has 0 saturated heterocycles. The fraction of sp³-hybridized carbons (Fsp3) is 0.211. The number of nitrogens with zero attached hydrogens (tertiary/aromatic N) is 1. The molecule has 0 unspecified atom stereocenters. The number of anilines is 1. The lowest BCUT2D eigenvalue weighted by Crippen LogP contribution is -2.14. The molecule has 8 heteroatoms. The lowest BCUT2D eigenvalue weighted by molar-refractivity contribution is 0.509. The summed E-state index contributed by atoms with van der Waals surface area (Å²) in [5.41, 5.74) is 1.38. The van der Waals surface area contributed by atoms with Crippen LogP contribution in [0, 0.1) is 12.7 Å². The summed E-state index contributed by atoms with van der Waals surface area (Å²) in [4.78, 5) is 4.37. The van der Waals surface area contributed by atoms with Gasteiger partial charge >= 0.3 is 0 Å². The molecule has 27 heavy (non-hydrogen) atoms. The van der Waals surface area contributed by atoms with E-state index in [0.717, 1.165) is 18.9 Å². The lowest BCUT2D eigenvalue weighted by Gasteiger charge is -2.12. The van der Waals surface area contributed by atoms with Crippen molar-refractivity contribution < 1.29 is 17.2 Å². The van der Waals surface area contributed by atoms with Crippen LogP contribution in [0.1, 0.15) is 30.2 Å². The molecule has 3 aromatic rings. The van der Waals surface area contributed by atoms with Crippen molar-refractivity contribution in [2.75, 3.05) is 4.72 Å². The topological polar surface area (TPSA) is 72.2 Å². The number of halogens is 2. The maximum atomic E-state index is 13.3. The van der Waals surface area contributed by atoms with Gasteiger partial charge in [0.25, 0.3) is 10.0 Å². The molecule has 0 bridgehead atoms. The summed E-state index contributed by atoms with van der Waals surface area (Å²) in [5, 5.41) is -0.157. The minimum Gasteiger partial charge on any atom is -0.440 e. The van der Waals surface area contributed by atoms with E-state index in [1.807, 2.05) is 0 Å². The highest BCUT2D eigenvalue weighted by molar-refractivity contribution is 7.92. The molecule has 140 valence electrons. The van der Waals surface area contributed by atoms with Crippen LogP contribution in [0.25, 0.3) is 11.3 Å². The van der Waals surface area contributed by atoms with Crippen LogP contribution in [0.3, 0.4) is 0 Å². The first-order valence-electron chi connectivity index (χ1n) is 8.38. The molecule has 1 fully saturated rings. The van der Waals surface area contributed by atoms with Gasteiger partial charge in [0.15, 0.2) is 11.7 Å². The van der Waals surface area contributed by atoms with Crippen LogP contribution < -0.4 is 4.72 Å². The molecule has 0 aliphatic heterocycles. The first-order chi connectivity index (χ1) is 12.8. The Labute approximate surface area is 161 Å². The minimum atomic E-state index is -3.89. The Morgan fingerprint density at radius 3 is 2.70 bits per heavy atom. The van der Waals surface area contributed by atoms with Crippen LogP contribution in [0.2, 0.25) is 5.02 Å². The van der Waals surface area contributed by atoms with Crippen LogP contribution in [0.4, 0.5) is 10.1 Å². The number of hydrogen-bond donors (Lipinski definition) is 1. The van der Waals surface area contributed by atoms with Gasteiger partial charge in [-0.1, -0.05) is 23.7 Å². The third kappa shape index (κ3) is 3.70. The third-order valence-electron chi connectivity index (χ3n) is 4.38. The van der Waals surface area contributed by atoms with Gasteiger partial charge in [-0.05, 0) is 49.6 Å². The molecule has 0 amide bonds. The molecule has 2 aromatic carbocycles. The number of benzene rings is 2. The molecule has 5 nitrogen and oxygen atoms in total. The predicted molar refractivity (Wildman–Crippen MR) is 101 cm³/mol. The van der Waals surface area contributed by atoms with Gasteiger partial charge < -0.3 is 4.42 Å². The van der Waals surface area contributed by atoms with E-state index >= 15 is 0 Å². The van der Waals surface area contributed by atoms with Crippen LogP contribution in [0.5, 0.6) is 0 Å². The van der Waals surface area contributed by atoms with Crippen molar-refractivity contribution in [3.05, 3.63) is 64.9 Å². The monoisotopic (exact) mass is 406 g/mol. The van der Waals surface area contributed by atoms with E-state index in [1.54, 1.807) is 31.3 Å². The number of aromatic nitrogens is 1. The van der Waals surface area contributed by atoms with Crippen molar-refractivity contribution in [2.24, 2.45) is 0 Å². The lowest BCUT2D eigenvalue weighted by atomic mass is 10.1. The molecular formula is C19H16ClFN2O3S. The highest BCUT2D eigenvalue weighted by atomic mass is 35.5. The zero-order valence-corrected chi connectivity index (χ0v) is 15.9. The summed E-state index contributed by atoms with van der Waals surface area (Å²) in [5.74, 6) is 0.971. The third-order valence-corrected chi connectivity index (χ3v) is 6.20. The Hall–Kier alpha value is -2.38. The maximum Gasteiger partial charge on any atom is 0.262 e. The molecule has 1 aromatic heterocycles. The molecule has 0 spiro atoms. The molecular weight excluding hydrogens is 391 g/mol. The van der Waals surface area contributed by atoms with Crippen LogP contribution in [0.15, 0.2) is 51.9 Å². The quantitative estimate of drug-likeness (QED) is 0.638. The summed E-state index contributed by atoms with van der Waals surface area (Å²) in [6.07, 6.45) is 3.75. The van der Waals surface area contributed by atoms with Gasteiger partial charge in [0, 0.05) is 11.5 Å². The van der Waals surface area contributed by atoms with E-state index in [4.69, 9.17) is 16.0 Å².